The summed E-state index contributed by atoms with van der Waals surface area (Å²) in [6.07, 6.45) is -1.68. The first-order valence-corrected chi connectivity index (χ1v) is 7.34. The van der Waals surface area contributed by atoms with Crippen LogP contribution >= 0.6 is 0 Å². The van der Waals surface area contributed by atoms with Crippen molar-refractivity contribution in [3.05, 3.63) is 35.9 Å². The third-order valence-corrected chi connectivity index (χ3v) is 2.82. The van der Waals surface area contributed by atoms with E-state index in [0.29, 0.717) is 0 Å². The third-order valence-electron chi connectivity index (χ3n) is 2.82. The molecule has 0 radical (unpaired) electrons. The number of carbonyl (C=O) groups is 3. The van der Waals surface area contributed by atoms with Crippen molar-refractivity contribution < 1.29 is 23.9 Å². The number of hydrogen-bond acceptors (Lipinski definition) is 5. The molecule has 8 nitrogen and oxygen atoms in total. The van der Waals surface area contributed by atoms with Gasteiger partial charge in [0, 0.05) is 0 Å². The molecule has 1 heterocycles. The highest BCUT2D eigenvalue weighted by atomic mass is 16.6. The van der Waals surface area contributed by atoms with Crippen molar-refractivity contribution in [1.82, 2.24) is 10.2 Å². The Balaban J connectivity index is 2.02. The van der Waals surface area contributed by atoms with Crippen LogP contribution in [0.5, 0.6) is 0 Å². The second-order valence-electron chi connectivity index (χ2n) is 6.09. The molecule has 3 amide bonds. The van der Waals surface area contributed by atoms with Gasteiger partial charge in [0.1, 0.15) is 18.8 Å². The van der Waals surface area contributed by atoms with Gasteiger partial charge in [-0.05, 0) is 26.3 Å². The summed E-state index contributed by atoms with van der Waals surface area (Å²) in [5.74, 6) is -0.665. The molecule has 0 saturated carbocycles. The number of guanidine groups is 1. The average molecular weight is 333 g/mol. The van der Waals surface area contributed by atoms with Gasteiger partial charge in [0.25, 0.3) is 0 Å². The number of nitrogens with zero attached hydrogens (tertiary/aromatic N) is 2. The number of carbonyl (C=O) groups excluding carboxylic acids is 3. The highest BCUT2D eigenvalue weighted by Gasteiger charge is 2.33. The lowest BCUT2D eigenvalue weighted by Gasteiger charge is -2.18. The zero-order valence-corrected chi connectivity index (χ0v) is 13.7. The molecule has 1 aromatic rings. The van der Waals surface area contributed by atoms with Crippen molar-refractivity contribution in [3.63, 3.8) is 0 Å². The summed E-state index contributed by atoms with van der Waals surface area (Å²) >= 11 is 0. The fourth-order valence-electron chi connectivity index (χ4n) is 1.86. The van der Waals surface area contributed by atoms with E-state index >= 15 is 0 Å². The summed E-state index contributed by atoms with van der Waals surface area (Å²) in [7, 11) is 0. The van der Waals surface area contributed by atoms with Gasteiger partial charge in [-0.15, -0.1) is 4.99 Å². The van der Waals surface area contributed by atoms with Crippen LogP contribution in [0.25, 0.3) is 0 Å². The van der Waals surface area contributed by atoms with Crippen molar-refractivity contribution in [2.45, 2.75) is 33.0 Å². The highest BCUT2D eigenvalue weighted by Crippen LogP contribution is 2.10. The number of aliphatic imine (C=N–C) groups is 1. The van der Waals surface area contributed by atoms with E-state index in [1.807, 2.05) is 18.2 Å². The van der Waals surface area contributed by atoms with Gasteiger partial charge in [0.05, 0.1) is 0 Å². The minimum absolute atomic E-state index is 0.0457. The Bertz CT molecular complexity index is 664. The maximum absolute atomic E-state index is 12.1. The minimum atomic E-state index is -0.902. The van der Waals surface area contributed by atoms with Gasteiger partial charge in [-0.3, -0.25) is 10.1 Å². The molecule has 8 heteroatoms. The number of hydrogen-bond donors (Lipinski definition) is 1. The standard InChI is InChI=1S/C16H19N3O5/c1-16(2,3)24-14(21)18-13-17-12(20)9-19(13)15(22)23-10-11-7-5-4-6-8-11/h4-8H,9-10H2,1-3H3,(H,17,18,20,21). The average Bonchev–Trinajstić information content (AvgIpc) is 2.84. The zero-order valence-electron chi connectivity index (χ0n) is 13.7. The minimum Gasteiger partial charge on any atom is -0.444 e. The van der Waals surface area contributed by atoms with E-state index in [0.717, 1.165) is 10.5 Å². The first kappa shape index (κ1) is 17.5. The van der Waals surface area contributed by atoms with Gasteiger partial charge in [0.2, 0.25) is 11.9 Å². The van der Waals surface area contributed by atoms with Crippen LogP contribution in [0, 0.1) is 0 Å². The van der Waals surface area contributed by atoms with E-state index < -0.39 is 23.7 Å². The van der Waals surface area contributed by atoms with Crippen LogP contribution in [-0.2, 0) is 20.9 Å². The molecule has 1 fully saturated rings. The number of benzene rings is 1. The molecule has 1 N–H and O–H groups in total. The van der Waals surface area contributed by atoms with Gasteiger partial charge in [-0.2, -0.15) is 0 Å². The van der Waals surface area contributed by atoms with Crippen LogP contribution in [0.15, 0.2) is 35.3 Å². The van der Waals surface area contributed by atoms with E-state index in [2.05, 4.69) is 10.3 Å². The molecule has 1 aromatic carbocycles. The first-order chi connectivity index (χ1) is 11.2. The molecule has 0 unspecified atom stereocenters. The molecule has 1 aliphatic rings. The molecular weight excluding hydrogens is 314 g/mol. The van der Waals surface area contributed by atoms with Crippen molar-refractivity contribution in [2.24, 2.45) is 4.99 Å². The fourth-order valence-corrected chi connectivity index (χ4v) is 1.86. The quantitative estimate of drug-likeness (QED) is 0.893. The molecule has 1 saturated heterocycles. The Morgan fingerprint density at radius 2 is 1.92 bits per heavy atom. The zero-order chi connectivity index (χ0) is 17.7. The summed E-state index contributed by atoms with van der Waals surface area (Å²) in [4.78, 5) is 39.9. The predicted octanol–water partition coefficient (Wildman–Crippen LogP) is 2.05. The summed E-state index contributed by atoms with van der Waals surface area (Å²) in [5.41, 5.74) is 0.0672. The van der Waals surface area contributed by atoms with Crippen molar-refractivity contribution in [1.29, 1.82) is 0 Å². The van der Waals surface area contributed by atoms with Crippen LogP contribution in [-0.4, -0.2) is 41.1 Å². The topological polar surface area (TPSA) is 97.3 Å². The molecule has 2 rings (SSSR count). The molecule has 0 atom stereocenters. The summed E-state index contributed by atoms with van der Waals surface area (Å²) in [6.45, 7) is 4.83. The van der Waals surface area contributed by atoms with Crippen LogP contribution in [0.2, 0.25) is 0 Å². The Morgan fingerprint density at radius 1 is 1.25 bits per heavy atom. The number of amides is 3. The molecule has 0 spiro atoms. The number of nitrogens with one attached hydrogen (secondary N) is 1. The van der Waals surface area contributed by atoms with E-state index in [1.165, 1.54) is 0 Å². The molecule has 1 aliphatic heterocycles. The largest absolute Gasteiger partial charge is 0.444 e. The fraction of sp³-hybridized carbons (Fsp3) is 0.375. The van der Waals surface area contributed by atoms with Gasteiger partial charge >= 0.3 is 12.2 Å². The second kappa shape index (κ2) is 7.12. The lowest BCUT2D eigenvalue weighted by atomic mass is 10.2. The van der Waals surface area contributed by atoms with Crippen molar-refractivity contribution >= 4 is 24.1 Å². The Labute approximate surface area is 139 Å². The highest BCUT2D eigenvalue weighted by molar-refractivity contribution is 6.12. The maximum Gasteiger partial charge on any atom is 0.437 e. The molecule has 128 valence electrons. The Kier molecular flexibility index (Phi) is 5.18. The molecular formula is C16H19N3O5. The van der Waals surface area contributed by atoms with Gasteiger partial charge in [-0.1, -0.05) is 30.3 Å². The van der Waals surface area contributed by atoms with Gasteiger partial charge in [0.15, 0.2) is 0 Å². The molecule has 0 aromatic heterocycles. The van der Waals surface area contributed by atoms with E-state index in [9.17, 15) is 14.4 Å². The summed E-state index contributed by atoms with van der Waals surface area (Å²) in [5, 5.41) is 2.34. The molecule has 0 bridgehead atoms. The number of rotatable bonds is 2. The van der Waals surface area contributed by atoms with Crippen LogP contribution in [0.1, 0.15) is 26.3 Å². The van der Waals surface area contributed by atoms with E-state index in [4.69, 9.17) is 9.47 Å². The van der Waals surface area contributed by atoms with Crippen molar-refractivity contribution in [2.75, 3.05) is 6.54 Å². The van der Waals surface area contributed by atoms with Crippen LogP contribution in [0.3, 0.4) is 0 Å². The first-order valence-electron chi connectivity index (χ1n) is 7.34. The SMILES string of the molecule is CC(C)(C)OC(=O)/N=C1\NC(=O)CN1C(=O)OCc1ccccc1. The second-order valence-corrected chi connectivity index (χ2v) is 6.09. The molecule has 24 heavy (non-hydrogen) atoms. The Hall–Kier alpha value is -2.90. The maximum atomic E-state index is 12.1. The van der Waals surface area contributed by atoms with Crippen LogP contribution < -0.4 is 5.32 Å². The van der Waals surface area contributed by atoms with E-state index in [1.54, 1.807) is 32.9 Å². The van der Waals surface area contributed by atoms with Crippen LogP contribution in [0.4, 0.5) is 9.59 Å². The normalized spacial score (nSPS) is 16.0. The lowest BCUT2D eigenvalue weighted by Crippen LogP contribution is -2.37. The smallest absolute Gasteiger partial charge is 0.437 e. The molecule has 0 aliphatic carbocycles. The number of ether oxygens (including phenoxy) is 2. The monoisotopic (exact) mass is 333 g/mol. The third kappa shape index (κ3) is 5.08. The summed E-state index contributed by atoms with van der Waals surface area (Å²) < 4.78 is 10.2. The summed E-state index contributed by atoms with van der Waals surface area (Å²) in [6, 6.07) is 9.09. The predicted molar refractivity (Wildman–Crippen MR) is 85.1 cm³/mol. The van der Waals surface area contributed by atoms with Gasteiger partial charge in [-0.25, -0.2) is 14.5 Å². The van der Waals surface area contributed by atoms with E-state index in [-0.39, 0.29) is 19.1 Å². The van der Waals surface area contributed by atoms with Gasteiger partial charge < -0.3 is 9.47 Å². The Morgan fingerprint density at radius 3 is 2.54 bits per heavy atom. The van der Waals surface area contributed by atoms with Crippen molar-refractivity contribution in [3.8, 4) is 0 Å². The lowest BCUT2D eigenvalue weighted by molar-refractivity contribution is -0.118.